The normalized spacial score (nSPS) is 22.7. The Bertz CT molecular complexity index is 532. The zero-order chi connectivity index (χ0) is 14.9. The Hall–Kier alpha value is -2.20. The second kappa shape index (κ2) is 8.17. The molecule has 0 radical (unpaired) electrons. The van der Waals surface area contributed by atoms with Crippen LogP contribution in [0.3, 0.4) is 0 Å². The van der Waals surface area contributed by atoms with Crippen molar-refractivity contribution in [1.29, 1.82) is 0 Å². The van der Waals surface area contributed by atoms with Gasteiger partial charge in [-0.3, -0.25) is 4.90 Å². The summed E-state index contributed by atoms with van der Waals surface area (Å²) in [5.74, 6) is 0. The fourth-order valence-corrected chi connectivity index (χ4v) is 2.80. The van der Waals surface area contributed by atoms with Gasteiger partial charge in [-0.05, 0) is 29.5 Å². The third kappa shape index (κ3) is 4.68. The molecule has 0 bridgehead atoms. The minimum atomic E-state index is -0.00484. The largest absolute Gasteiger partial charge is 0.296 e. The number of likely N-dealkylation sites (tertiary alicyclic amines) is 1. The van der Waals surface area contributed by atoms with Crippen molar-refractivity contribution in [3.05, 3.63) is 56.8 Å². The first-order valence-corrected chi connectivity index (χ1v) is 7.16. The van der Waals surface area contributed by atoms with Crippen LogP contribution in [0.15, 0.2) is 40.6 Å². The van der Waals surface area contributed by atoms with Crippen LogP contribution in [-0.2, 0) is 6.54 Å². The van der Waals surface area contributed by atoms with Crippen molar-refractivity contribution in [2.24, 2.45) is 10.2 Å². The van der Waals surface area contributed by atoms with E-state index in [0.717, 1.165) is 25.8 Å². The fourth-order valence-electron chi connectivity index (χ4n) is 2.80. The minimum Gasteiger partial charge on any atom is -0.296 e. The van der Waals surface area contributed by atoms with Gasteiger partial charge in [-0.25, -0.2) is 0 Å². The number of hydrogen-bond acceptors (Lipinski definition) is 3. The van der Waals surface area contributed by atoms with Crippen molar-refractivity contribution in [3.8, 4) is 0 Å². The maximum absolute atomic E-state index is 8.67. The lowest BCUT2D eigenvalue weighted by molar-refractivity contribution is 0.189. The summed E-state index contributed by atoms with van der Waals surface area (Å²) in [5.41, 5.74) is 18.4. The number of rotatable bonds is 5. The van der Waals surface area contributed by atoms with Gasteiger partial charge in [0.15, 0.2) is 0 Å². The zero-order valence-electron chi connectivity index (χ0n) is 11.9. The van der Waals surface area contributed by atoms with Crippen LogP contribution >= 0.6 is 0 Å². The van der Waals surface area contributed by atoms with Crippen molar-refractivity contribution >= 4 is 0 Å². The molecule has 1 aromatic rings. The molecule has 7 heteroatoms. The van der Waals surface area contributed by atoms with Crippen LogP contribution < -0.4 is 0 Å². The van der Waals surface area contributed by atoms with Gasteiger partial charge >= 0.3 is 0 Å². The molecule has 1 heterocycles. The molecule has 1 fully saturated rings. The molecule has 0 N–H and O–H groups in total. The third-order valence-corrected chi connectivity index (χ3v) is 3.84. The number of benzene rings is 1. The molecule has 0 spiro atoms. The predicted molar refractivity (Wildman–Crippen MR) is 81.4 cm³/mol. The first-order valence-electron chi connectivity index (χ1n) is 7.16. The molecule has 21 heavy (non-hydrogen) atoms. The Balaban J connectivity index is 2.14. The summed E-state index contributed by atoms with van der Waals surface area (Å²) >= 11 is 0. The van der Waals surface area contributed by atoms with Crippen LogP contribution in [0.2, 0.25) is 0 Å². The van der Waals surface area contributed by atoms with Gasteiger partial charge in [-0.1, -0.05) is 47.0 Å². The molecule has 1 aromatic carbocycles. The summed E-state index contributed by atoms with van der Waals surface area (Å²) < 4.78 is 0. The molecule has 1 saturated heterocycles. The van der Waals surface area contributed by atoms with Gasteiger partial charge in [0.25, 0.3) is 0 Å². The molecule has 0 aliphatic carbocycles. The topological polar surface area (TPSA) is 101 Å². The SMILES string of the molecule is [N-]=[N+]=NC[C@H]1CCC[C@@H](N=[N+]=[N-])CN1Cc1ccccc1. The Labute approximate surface area is 123 Å². The van der Waals surface area contributed by atoms with Crippen LogP contribution in [0.5, 0.6) is 0 Å². The van der Waals surface area contributed by atoms with Gasteiger partial charge in [0.05, 0.1) is 6.04 Å². The maximum Gasteiger partial charge on any atom is 0.0501 e. The molecule has 0 aromatic heterocycles. The molecule has 2 rings (SSSR count). The van der Waals surface area contributed by atoms with Crippen molar-refractivity contribution in [3.63, 3.8) is 0 Å². The van der Waals surface area contributed by atoms with Crippen molar-refractivity contribution in [2.75, 3.05) is 13.1 Å². The Kier molecular flexibility index (Phi) is 5.91. The second-order valence-electron chi connectivity index (χ2n) is 5.27. The average molecular weight is 285 g/mol. The Morgan fingerprint density at radius 3 is 2.67 bits per heavy atom. The van der Waals surface area contributed by atoms with E-state index in [-0.39, 0.29) is 12.1 Å². The Morgan fingerprint density at radius 1 is 1.14 bits per heavy atom. The van der Waals surface area contributed by atoms with Crippen LogP contribution in [0, 0.1) is 0 Å². The average Bonchev–Trinajstić information content (AvgIpc) is 2.69. The third-order valence-electron chi connectivity index (χ3n) is 3.84. The van der Waals surface area contributed by atoms with E-state index < -0.39 is 0 Å². The molecule has 0 unspecified atom stereocenters. The maximum atomic E-state index is 8.67. The van der Waals surface area contributed by atoms with E-state index >= 15 is 0 Å². The van der Waals surface area contributed by atoms with Gasteiger partial charge in [-0.15, -0.1) is 0 Å². The molecule has 1 aliphatic rings. The van der Waals surface area contributed by atoms with Crippen LogP contribution in [0.1, 0.15) is 24.8 Å². The smallest absolute Gasteiger partial charge is 0.0501 e. The summed E-state index contributed by atoms with van der Waals surface area (Å²) in [5, 5.41) is 7.62. The molecular formula is C14H19N7. The highest BCUT2D eigenvalue weighted by atomic mass is 15.2. The summed E-state index contributed by atoms with van der Waals surface area (Å²) in [6.07, 6.45) is 2.84. The quantitative estimate of drug-likeness (QED) is 0.455. The fraction of sp³-hybridized carbons (Fsp3) is 0.571. The van der Waals surface area contributed by atoms with Crippen LogP contribution in [0.4, 0.5) is 0 Å². The van der Waals surface area contributed by atoms with E-state index in [2.05, 4.69) is 37.1 Å². The zero-order valence-corrected chi connectivity index (χ0v) is 11.9. The summed E-state index contributed by atoms with van der Waals surface area (Å²) in [7, 11) is 0. The number of azide groups is 2. The first kappa shape index (κ1) is 15.2. The lowest BCUT2D eigenvalue weighted by Gasteiger charge is -2.30. The van der Waals surface area contributed by atoms with Gasteiger partial charge < -0.3 is 0 Å². The molecule has 0 amide bonds. The van der Waals surface area contributed by atoms with Crippen molar-refractivity contribution < 1.29 is 0 Å². The van der Waals surface area contributed by atoms with Gasteiger partial charge in [0.2, 0.25) is 0 Å². The van der Waals surface area contributed by atoms with E-state index in [1.54, 1.807) is 0 Å². The van der Waals surface area contributed by atoms with Crippen molar-refractivity contribution in [2.45, 2.75) is 37.9 Å². The first-order chi connectivity index (χ1) is 10.3. The lowest BCUT2D eigenvalue weighted by atomic mass is 10.1. The molecular weight excluding hydrogens is 266 g/mol. The molecule has 1 aliphatic heterocycles. The molecule has 0 saturated carbocycles. The summed E-state index contributed by atoms with van der Waals surface area (Å²) in [6.45, 7) is 1.96. The van der Waals surface area contributed by atoms with E-state index in [9.17, 15) is 0 Å². The highest BCUT2D eigenvalue weighted by Gasteiger charge is 2.25. The van der Waals surface area contributed by atoms with Crippen LogP contribution in [0.25, 0.3) is 20.9 Å². The molecule has 110 valence electrons. The number of hydrogen-bond donors (Lipinski definition) is 0. The second-order valence-corrected chi connectivity index (χ2v) is 5.27. The van der Waals surface area contributed by atoms with E-state index in [4.69, 9.17) is 11.1 Å². The number of nitrogens with zero attached hydrogens (tertiary/aromatic N) is 7. The minimum absolute atomic E-state index is 0.00484. The van der Waals surface area contributed by atoms with E-state index in [1.165, 1.54) is 5.56 Å². The van der Waals surface area contributed by atoms with E-state index in [1.807, 2.05) is 18.2 Å². The Morgan fingerprint density at radius 2 is 1.95 bits per heavy atom. The highest BCUT2D eigenvalue weighted by Crippen LogP contribution is 2.21. The van der Waals surface area contributed by atoms with Gasteiger partial charge in [-0.2, -0.15) is 0 Å². The van der Waals surface area contributed by atoms with E-state index in [0.29, 0.717) is 13.1 Å². The highest BCUT2D eigenvalue weighted by molar-refractivity contribution is 5.14. The van der Waals surface area contributed by atoms with Gasteiger partial charge in [0, 0.05) is 35.5 Å². The summed E-state index contributed by atoms with van der Waals surface area (Å²) in [4.78, 5) is 8.09. The standard InChI is InChI=1S/C14H19N7/c15-19-17-9-14-8-4-7-13(18-20-16)11-21(14)10-12-5-2-1-3-6-12/h1-3,5-6,13-14H,4,7-11H2/t13-,14-/m1/s1. The van der Waals surface area contributed by atoms with Crippen LogP contribution in [-0.4, -0.2) is 30.1 Å². The van der Waals surface area contributed by atoms with Crippen molar-refractivity contribution in [1.82, 2.24) is 4.90 Å². The predicted octanol–water partition coefficient (Wildman–Crippen LogP) is 4.03. The molecule has 2 atom stereocenters. The lowest BCUT2D eigenvalue weighted by Crippen LogP contribution is -2.39. The van der Waals surface area contributed by atoms with Gasteiger partial charge in [0.1, 0.15) is 0 Å². The monoisotopic (exact) mass is 285 g/mol. The molecule has 7 nitrogen and oxygen atoms in total. The summed E-state index contributed by atoms with van der Waals surface area (Å²) in [6, 6.07) is 10.4.